The molecule has 2 aromatic heterocycles. The van der Waals surface area contributed by atoms with Gasteiger partial charge in [0.15, 0.2) is 17.5 Å². The first-order valence-corrected chi connectivity index (χ1v) is 12.4. The smallest absolute Gasteiger partial charge is 0.341 e. The predicted octanol–water partition coefficient (Wildman–Crippen LogP) is 6.27. The number of alkyl halides is 1. The van der Waals surface area contributed by atoms with Gasteiger partial charge >= 0.3 is 5.97 Å². The Morgan fingerprint density at radius 2 is 1.78 bits per heavy atom. The lowest BCUT2D eigenvalue weighted by Crippen LogP contribution is -2.37. The number of rotatable bonds is 4. The number of carboxylic acids is 1. The predicted molar refractivity (Wildman–Crippen MR) is 128 cm³/mol. The van der Waals surface area contributed by atoms with Gasteiger partial charge in [-0.2, -0.15) is 5.10 Å². The molecule has 1 saturated heterocycles. The van der Waals surface area contributed by atoms with Gasteiger partial charge in [-0.3, -0.25) is 5.10 Å². The van der Waals surface area contributed by atoms with Gasteiger partial charge in [-0.25, -0.2) is 22.4 Å². The van der Waals surface area contributed by atoms with E-state index in [1.807, 2.05) is 0 Å². The number of fused-ring (bicyclic) bond motifs is 2. The molecule has 0 amide bonds. The van der Waals surface area contributed by atoms with Crippen molar-refractivity contribution in [2.24, 2.45) is 0 Å². The number of aromatic nitrogens is 3. The van der Waals surface area contributed by atoms with E-state index < -0.39 is 29.1 Å². The highest BCUT2D eigenvalue weighted by atomic mass is 19.2. The van der Waals surface area contributed by atoms with Gasteiger partial charge in [0.1, 0.15) is 5.52 Å². The molecule has 1 aliphatic carbocycles. The number of aliphatic carboxylic acids is 1. The van der Waals surface area contributed by atoms with Gasteiger partial charge in [-0.15, -0.1) is 0 Å². The van der Waals surface area contributed by atoms with Crippen molar-refractivity contribution < 1.29 is 32.2 Å². The Morgan fingerprint density at radius 1 is 1.05 bits per heavy atom. The van der Waals surface area contributed by atoms with Gasteiger partial charge in [-0.1, -0.05) is 0 Å². The minimum absolute atomic E-state index is 0.0725. The fraction of sp³-hybridized carbons (Fsp3) is 0.407. The third-order valence-corrected chi connectivity index (χ3v) is 8.02. The lowest BCUT2D eigenvalue weighted by atomic mass is 9.75. The third kappa shape index (κ3) is 3.80. The van der Waals surface area contributed by atoms with Gasteiger partial charge in [-0.05, 0) is 68.2 Å². The molecule has 37 heavy (non-hydrogen) atoms. The SMILES string of the molecule is O=C(O)[C@]1(F)CC[C@@H](c2c(C3CCOCC3)n(-c3ccc(F)c(F)c3)c3cc4cn[nH]c4c(F)c32)CC1. The lowest BCUT2D eigenvalue weighted by Gasteiger charge is -2.33. The van der Waals surface area contributed by atoms with Gasteiger partial charge in [0, 0.05) is 47.4 Å². The Morgan fingerprint density at radius 3 is 2.46 bits per heavy atom. The summed E-state index contributed by atoms with van der Waals surface area (Å²) in [6.45, 7) is 0.988. The van der Waals surface area contributed by atoms with E-state index in [4.69, 9.17) is 4.74 Å². The summed E-state index contributed by atoms with van der Waals surface area (Å²) < 4.78 is 66.9. The number of halogens is 4. The molecule has 4 aromatic rings. The number of benzene rings is 2. The van der Waals surface area contributed by atoms with E-state index in [9.17, 15) is 23.1 Å². The summed E-state index contributed by atoms with van der Waals surface area (Å²) in [6.07, 6.45) is 2.84. The van der Waals surface area contributed by atoms with Crippen LogP contribution < -0.4 is 0 Å². The van der Waals surface area contributed by atoms with E-state index in [1.165, 1.54) is 12.3 Å². The standard InChI is InChI=1S/C27H25F4N3O3/c28-18-2-1-17(12-19(18)29)34-20-11-16-13-32-33-24(16)23(30)22(20)21(25(34)15-5-9-37-10-6-15)14-3-7-27(31,8-4-14)26(35)36/h1-2,11-15H,3-10H2,(H,32,33)(H,35,36)/t14-,27+. The zero-order valence-electron chi connectivity index (χ0n) is 19.9. The van der Waals surface area contributed by atoms with Gasteiger partial charge in [0.25, 0.3) is 0 Å². The first kappa shape index (κ1) is 24.0. The number of ether oxygens (including phenoxy) is 1. The van der Waals surface area contributed by atoms with Crippen molar-refractivity contribution in [1.29, 1.82) is 0 Å². The molecule has 6 nitrogen and oxygen atoms in total. The average Bonchev–Trinajstić information content (AvgIpc) is 3.50. The Bertz CT molecular complexity index is 1510. The van der Waals surface area contributed by atoms with Crippen molar-refractivity contribution in [1.82, 2.24) is 14.8 Å². The van der Waals surface area contributed by atoms with Crippen LogP contribution in [0, 0.1) is 17.5 Å². The number of carbonyl (C=O) groups is 1. The number of hydrogen-bond acceptors (Lipinski definition) is 3. The van der Waals surface area contributed by atoms with Crippen molar-refractivity contribution in [3.63, 3.8) is 0 Å². The molecule has 0 bridgehead atoms. The van der Waals surface area contributed by atoms with E-state index in [1.54, 1.807) is 10.6 Å². The largest absolute Gasteiger partial charge is 0.479 e. The van der Waals surface area contributed by atoms with Gasteiger partial charge in [0.05, 0.1) is 11.7 Å². The van der Waals surface area contributed by atoms with E-state index in [0.29, 0.717) is 53.6 Å². The topological polar surface area (TPSA) is 80.1 Å². The fourth-order valence-corrected chi connectivity index (χ4v) is 6.12. The molecule has 2 aromatic carbocycles. The molecule has 1 saturated carbocycles. The van der Waals surface area contributed by atoms with Crippen molar-refractivity contribution in [3.8, 4) is 5.69 Å². The van der Waals surface area contributed by atoms with Crippen molar-refractivity contribution in [2.45, 2.75) is 56.0 Å². The molecule has 2 N–H and O–H groups in total. The first-order chi connectivity index (χ1) is 17.8. The van der Waals surface area contributed by atoms with Crippen LogP contribution in [-0.2, 0) is 9.53 Å². The first-order valence-electron chi connectivity index (χ1n) is 12.4. The molecule has 6 rings (SSSR count). The number of nitrogens with zero attached hydrogens (tertiary/aromatic N) is 2. The van der Waals surface area contributed by atoms with Crippen LogP contribution in [0.25, 0.3) is 27.5 Å². The lowest BCUT2D eigenvalue weighted by molar-refractivity contribution is -0.153. The number of carboxylic acid groups (broad SMARTS) is 1. The summed E-state index contributed by atoms with van der Waals surface area (Å²) in [5, 5.41) is 16.9. The Kier molecular flexibility index (Phi) is 5.74. The molecular weight excluding hydrogens is 490 g/mol. The Labute approximate surface area is 209 Å². The highest BCUT2D eigenvalue weighted by Crippen LogP contribution is 2.49. The van der Waals surface area contributed by atoms with Crippen LogP contribution in [0.5, 0.6) is 0 Å². The molecule has 0 spiro atoms. The number of hydrogen-bond donors (Lipinski definition) is 2. The van der Waals surface area contributed by atoms with Crippen LogP contribution in [-0.4, -0.2) is 44.7 Å². The fourth-order valence-electron chi connectivity index (χ4n) is 6.12. The number of H-pyrrole nitrogens is 1. The second-order valence-electron chi connectivity index (χ2n) is 10.1. The number of aromatic amines is 1. The minimum atomic E-state index is -2.32. The van der Waals surface area contributed by atoms with E-state index in [-0.39, 0.29) is 43.0 Å². The van der Waals surface area contributed by atoms with E-state index in [0.717, 1.165) is 17.8 Å². The van der Waals surface area contributed by atoms with Crippen molar-refractivity contribution in [3.05, 3.63) is 59.2 Å². The van der Waals surface area contributed by atoms with Crippen LogP contribution in [0.2, 0.25) is 0 Å². The quantitative estimate of drug-likeness (QED) is 0.314. The van der Waals surface area contributed by atoms with Crippen molar-refractivity contribution in [2.75, 3.05) is 13.2 Å². The maximum Gasteiger partial charge on any atom is 0.341 e. The Balaban J connectivity index is 1.65. The summed E-state index contributed by atoms with van der Waals surface area (Å²) in [4.78, 5) is 11.5. The van der Waals surface area contributed by atoms with Gasteiger partial charge < -0.3 is 14.4 Å². The summed E-state index contributed by atoms with van der Waals surface area (Å²) in [6, 6.07) is 5.36. The normalized spacial score (nSPS) is 23.2. The maximum absolute atomic E-state index is 16.2. The molecule has 0 unspecified atom stereocenters. The average molecular weight is 516 g/mol. The van der Waals surface area contributed by atoms with E-state index >= 15 is 4.39 Å². The van der Waals surface area contributed by atoms with E-state index in [2.05, 4.69) is 10.2 Å². The highest BCUT2D eigenvalue weighted by Gasteiger charge is 2.44. The summed E-state index contributed by atoms with van der Waals surface area (Å²) in [5.74, 6) is -4.40. The summed E-state index contributed by atoms with van der Waals surface area (Å²) in [5.41, 5.74) is 0.159. The Hall–Kier alpha value is -3.40. The number of nitrogens with one attached hydrogen (secondary N) is 1. The summed E-state index contributed by atoms with van der Waals surface area (Å²) in [7, 11) is 0. The molecule has 2 aliphatic rings. The minimum Gasteiger partial charge on any atom is -0.479 e. The highest BCUT2D eigenvalue weighted by molar-refractivity contribution is 6.00. The molecule has 0 radical (unpaired) electrons. The zero-order valence-corrected chi connectivity index (χ0v) is 19.9. The van der Waals surface area contributed by atoms with Gasteiger partial charge in [0.2, 0.25) is 5.67 Å². The van der Waals surface area contributed by atoms with Crippen LogP contribution in [0.4, 0.5) is 17.6 Å². The summed E-state index contributed by atoms with van der Waals surface area (Å²) >= 11 is 0. The molecular formula is C27H25F4N3O3. The van der Waals surface area contributed by atoms with Crippen LogP contribution in [0.15, 0.2) is 30.5 Å². The van der Waals surface area contributed by atoms with Crippen LogP contribution in [0.3, 0.4) is 0 Å². The molecule has 2 fully saturated rings. The second-order valence-corrected chi connectivity index (χ2v) is 10.1. The zero-order chi connectivity index (χ0) is 25.9. The molecule has 3 heterocycles. The monoisotopic (exact) mass is 515 g/mol. The second kappa shape index (κ2) is 8.86. The molecule has 0 atom stereocenters. The maximum atomic E-state index is 16.2. The van der Waals surface area contributed by atoms with Crippen molar-refractivity contribution >= 4 is 27.8 Å². The van der Waals surface area contributed by atoms with Crippen LogP contribution >= 0.6 is 0 Å². The molecule has 194 valence electrons. The molecule has 1 aliphatic heterocycles. The van der Waals surface area contributed by atoms with Crippen LogP contribution in [0.1, 0.15) is 61.6 Å². The molecule has 10 heteroatoms. The third-order valence-electron chi connectivity index (χ3n) is 8.02.